The number of rotatable bonds is 1. The molecule has 0 aliphatic carbocycles. The van der Waals surface area contributed by atoms with Gasteiger partial charge in [-0.2, -0.15) is 0 Å². The molecule has 7 heteroatoms. The lowest BCUT2D eigenvalue weighted by Gasteiger charge is -2.30. The number of halogens is 3. The average Bonchev–Trinajstić information content (AvgIpc) is 2.53. The Bertz CT molecular complexity index is 821. The predicted molar refractivity (Wildman–Crippen MR) is 92.5 cm³/mol. The highest BCUT2D eigenvalue weighted by Gasteiger charge is 2.28. The molecule has 1 N–H and O–H groups in total. The van der Waals surface area contributed by atoms with Gasteiger partial charge in [-0.15, -0.1) is 0 Å². The van der Waals surface area contributed by atoms with Gasteiger partial charge in [-0.1, -0.05) is 40.0 Å². The smallest absolute Gasteiger partial charge is 0.259 e. The molecule has 0 bridgehead atoms. The maximum atomic E-state index is 12.9. The van der Waals surface area contributed by atoms with Gasteiger partial charge in [0.1, 0.15) is 0 Å². The summed E-state index contributed by atoms with van der Waals surface area (Å²) >= 11 is 18.1. The maximum absolute atomic E-state index is 12.9. The summed E-state index contributed by atoms with van der Waals surface area (Å²) in [7, 11) is 0. The molecule has 1 heterocycles. The van der Waals surface area contributed by atoms with E-state index in [9.17, 15) is 4.79 Å². The topological polar surface area (TPSA) is 52.9 Å². The molecule has 0 atom stereocenters. The van der Waals surface area contributed by atoms with Gasteiger partial charge >= 0.3 is 0 Å². The minimum absolute atomic E-state index is 0.257. The summed E-state index contributed by atoms with van der Waals surface area (Å²) in [5, 5.41) is 13.7. The fraction of sp³-hybridized carbons (Fsp3) is 0.125. The zero-order valence-corrected chi connectivity index (χ0v) is 14.0. The van der Waals surface area contributed by atoms with Crippen LogP contribution in [0.4, 0.5) is 5.69 Å². The van der Waals surface area contributed by atoms with Crippen molar-refractivity contribution in [3.05, 3.63) is 62.6 Å². The number of oxime groups is 1. The lowest BCUT2D eigenvalue weighted by atomic mass is 9.98. The highest BCUT2D eigenvalue weighted by Crippen LogP contribution is 2.33. The number of carbonyl (C=O) groups is 1. The lowest BCUT2D eigenvalue weighted by molar-refractivity contribution is 0.0987. The van der Waals surface area contributed by atoms with Crippen LogP contribution in [0.1, 0.15) is 22.3 Å². The van der Waals surface area contributed by atoms with Crippen molar-refractivity contribution in [3.8, 4) is 0 Å². The second-order valence-corrected chi connectivity index (χ2v) is 6.32. The van der Waals surface area contributed by atoms with Crippen LogP contribution >= 0.6 is 34.8 Å². The summed E-state index contributed by atoms with van der Waals surface area (Å²) in [5.74, 6) is -0.257. The number of benzene rings is 2. The summed E-state index contributed by atoms with van der Waals surface area (Å²) < 4.78 is 0. The Morgan fingerprint density at radius 1 is 1.09 bits per heavy atom. The molecule has 4 nitrogen and oxygen atoms in total. The van der Waals surface area contributed by atoms with Crippen LogP contribution in [0, 0.1) is 0 Å². The molecule has 0 fully saturated rings. The fourth-order valence-corrected chi connectivity index (χ4v) is 3.22. The Morgan fingerprint density at radius 2 is 1.78 bits per heavy atom. The van der Waals surface area contributed by atoms with Crippen LogP contribution in [0.15, 0.2) is 41.6 Å². The van der Waals surface area contributed by atoms with E-state index in [1.165, 1.54) is 6.07 Å². The van der Waals surface area contributed by atoms with Gasteiger partial charge in [0.15, 0.2) is 0 Å². The summed E-state index contributed by atoms with van der Waals surface area (Å²) in [6.45, 7) is 0.366. The van der Waals surface area contributed by atoms with E-state index in [1.807, 2.05) is 0 Å². The van der Waals surface area contributed by atoms with Gasteiger partial charge < -0.3 is 10.1 Å². The summed E-state index contributed by atoms with van der Waals surface area (Å²) in [4.78, 5) is 14.4. The van der Waals surface area contributed by atoms with Crippen molar-refractivity contribution in [1.29, 1.82) is 0 Å². The number of hydrogen-bond donors (Lipinski definition) is 1. The van der Waals surface area contributed by atoms with Crippen molar-refractivity contribution in [2.24, 2.45) is 5.16 Å². The van der Waals surface area contributed by atoms with E-state index in [1.54, 1.807) is 35.2 Å². The molecule has 0 saturated carbocycles. The van der Waals surface area contributed by atoms with Crippen molar-refractivity contribution in [1.82, 2.24) is 0 Å². The Balaban J connectivity index is 2.07. The first-order valence-electron chi connectivity index (χ1n) is 6.79. The second kappa shape index (κ2) is 6.40. The van der Waals surface area contributed by atoms with Crippen LogP contribution < -0.4 is 4.90 Å². The maximum Gasteiger partial charge on any atom is 0.259 e. The summed E-state index contributed by atoms with van der Waals surface area (Å²) in [6.07, 6.45) is 0.433. The van der Waals surface area contributed by atoms with Gasteiger partial charge in [-0.3, -0.25) is 4.79 Å². The van der Waals surface area contributed by atoms with Crippen LogP contribution in [0.5, 0.6) is 0 Å². The first-order valence-corrected chi connectivity index (χ1v) is 7.92. The van der Waals surface area contributed by atoms with Crippen LogP contribution in [-0.4, -0.2) is 23.4 Å². The molecular formula is C16H11Cl3N2O2. The van der Waals surface area contributed by atoms with E-state index in [-0.39, 0.29) is 10.9 Å². The molecule has 3 rings (SSSR count). The van der Waals surface area contributed by atoms with Crippen molar-refractivity contribution in [2.75, 3.05) is 11.4 Å². The summed E-state index contributed by atoms with van der Waals surface area (Å²) in [5.41, 5.74) is 2.13. The molecule has 0 radical (unpaired) electrons. The first-order chi connectivity index (χ1) is 11.0. The zero-order valence-electron chi connectivity index (χ0n) is 11.8. The monoisotopic (exact) mass is 368 g/mol. The number of anilines is 1. The molecule has 0 spiro atoms. The SMILES string of the molecule is O=C(c1ccc(Cl)cc1Cl)N1CC/C(=N\O)c2ccc(Cl)cc21. The first kappa shape index (κ1) is 16.1. The third-order valence-electron chi connectivity index (χ3n) is 3.66. The minimum Gasteiger partial charge on any atom is -0.411 e. The molecule has 2 aromatic carbocycles. The lowest BCUT2D eigenvalue weighted by Crippen LogP contribution is -2.37. The van der Waals surface area contributed by atoms with Gasteiger partial charge in [-0.05, 0) is 36.4 Å². The highest BCUT2D eigenvalue weighted by atomic mass is 35.5. The Labute approximate surface area is 147 Å². The molecule has 1 aliphatic heterocycles. The molecule has 0 aromatic heterocycles. The number of fused-ring (bicyclic) bond motifs is 1. The molecule has 1 amide bonds. The number of amides is 1. The van der Waals surface area contributed by atoms with Gasteiger partial charge in [0.05, 0.1) is 22.0 Å². The molecule has 0 unspecified atom stereocenters. The van der Waals surface area contributed by atoms with E-state index in [0.29, 0.717) is 45.5 Å². The van der Waals surface area contributed by atoms with Crippen LogP contribution in [-0.2, 0) is 0 Å². The van der Waals surface area contributed by atoms with E-state index in [0.717, 1.165) is 0 Å². The van der Waals surface area contributed by atoms with Gasteiger partial charge in [0.25, 0.3) is 5.91 Å². The van der Waals surface area contributed by atoms with Crippen molar-refractivity contribution < 1.29 is 10.0 Å². The van der Waals surface area contributed by atoms with Crippen molar-refractivity contribution in [3.63, 3.8) is 0 Å². The van der Waals surface area contributed by atoms with Crippen LogP contribution in [0.2, 0.25) is 15.1 Å². The molecule has 23 heavy (non-hydrogen) atoms. The highest BCUT2D eigenvalue weighted by molar-refractivity contribution is 6.37. The molecule has 2 aromatic rings. The van der Waals surface area contributed by atoms with Crippen molar-refractivity contribution >= 4 is 52.1 Å². The Kier molecular flexibility index (Phi) is 4.48. The zero-order chi connectivity index (χ0) is 16.6. The summed E-state index contributed by atoms with van der Waals surface area (Å²) in [6, 6.07) is 9.82. The van der Waals surface area contributed by atoms with E-state index >= 15 is 0 Å². The van der Waals surface area contributed by atoms with E-state index in [2.05, 4.69) is 5.16 Å². The average molecular weight is 370 g/mol. The Morgan fingerprint density at radius 3 is 2.48 bits per heavy atom. The van der Waals surface area contributed by atoms with E-state index < -0.39 is 0 Å². The van der Waals surface area contributed by atoms with Gasteiger partial charge in [0.2, 0.25) is 0 Å². The van der Waals surface area contributed by atoms with Crippen molar-refractivity contribution in [2.45, 2.75) is 6.42 Å². The second-order valence-electron chi connectivity index (χ2n) is 5.04. The molecule has 118 valence electrons. The molecular weight excluding hydrogens is 359 g/mol. The largest absolute Gasteiger partial charge is 0.411 e. The number of nitrogens with zero attached hydrogens (tertiary/aromatic N) is 2. The Hall–Kier alpha value is -1.75. The van der Waals surface area contributed by atoms with Gasteiger partial charge in [0, 0.05) is 28.6 Å². The fourth-order valence-electron chi connectivity index (χ4n) is 2.57. The minimum atomic E-state index is -0.257. The normalized spacial score (nSPS) is 15.6. The van der Waals surface area contributed by atoms with Crippen LogP contribution in [0.25, 0.3) is 0 Å². The molecule has 1 aliphatic rings. The molecule has 0 saturated heterocycles. The van der Waals surface area contributed by atoms with E-state index in [4.69, 9.17) is 40.0 Å². The van der Waals surface area contributed by atoms with Crippen LogP contribution in [0.3, 0.4) is 0 Å². The number of carbonyl (C=O) groups excluding carboxylic acids is 1. The third kappa shape index (κ3) is 3.02. The predicted octanol–water partition coefficient (Wildman–Crippen LogP) is 4.88. The third-order valence-corrected chi connectivity index (χ3v) is 4.44. The standard InChI is InChI=1S/C16H11Cl3N2O2/c17-9-1-3-11(13(19)7-9)16(22)21-6-5-14(20-23)12-4-2-10(18)8-15(12)21/h1-4,7-8,23H,5-6H2/b20-14+. The quantitative estimate of drug-likeness (QED) is 0.575. The van der Waals surface area contributed by atoms with Gasteiger partial charge in [-0.25, -0.2) is 0 Å². The number of hydrogen-bond acceptors (Lipinski definition) is 3.